The van der Waals surface area contributed by atoms with Gasteiger partial charge in [0.25, 0.3) is 5.69 Å². The maximum absolute atomic E-state index is 11.1. The number of nitrogens with zero attached hydrogens (tertiary/aromatic N) is 2. The molecule has 0 bridgehead atoms. The molecule has 1 aromatic rings. The van der Waals surface area contributed by atoms with E-state index in [4.69, 9.17) is 16.9 Å². The molecule has 0 unspecified atom stereocenters. The summed E-state index contributed by atoms with van der Waals surface area (Å²) in [5.41, 5.74) is -0.553. The van der Waals surface area contributed by atoms with Gasteiger partial charge in [-0.1, -0.05) is 11.6 Å². The molecule has 1 aromatic carbocycles. The lowest BCUT2D eigenvalue weighted by atomic mass is 10.2. The van der Waals surface area contributed by atoms with Gasteiger partial charge in [-0.3, -0.25) is 14.9 Å². The van der Waals surface area contributed by atoms with Gasteiger partial charge in [0.05, 0.1) is 22.7 Å². The van der Waals surface area contributed by atoms with E-state index in [1.165, 1.54) is 0 Å². The zero-order chi connectivity index (χ0) is 13.0. The van der Waals surface area contributed by atoms with Crippen LogP contribution in [0.15, 0.2) is 12.1 Å². The van der Waals surface area contributed by atoms with Gasteiger partial charge in [-0.05, 0) is 6.07 Å². The van der Waals surface area contributed by atoms with Crippen molar-refractivity contribution in [3.63, 3.8) is 0 Å². The molecule has 0 aliphatic heterocycles. The van der Waals surface area contributed by atoms with E-state index in [1.807, 2.05) is 0 Å². The topological polar surface area (TPSA) is 116 Å². The smallest absolute Gasteiger partial charge is 0.291 e. The van der Waals surface area contributed by atoms with E-state index in [2.05, 4.69) is 5.32 Å². The second kappa shape index (κ2) is 5.14. The number of carbonyl (C=O) groups is 1. The van der Waals surface area contributed by atoms with Crippen LogP contribution >= 0.6 is 11.6 Å². The van der Waals surface area contributed by atoms with E-state index in [0.717, 1.165) is 12.1 Å². The standard InChI is InChI=1S/C9H6ClN3O4/c10-5-3-6(12-9(15)1-2-11)8(14)4-7(5)13(16)17/h3-4,14H,1H2,(H,12,15). The van der Waals surface area contributed by atoms with Gasteiger partial charge >= 0.3 is 0 Å². The first kappa shape index (κ1) is 12.7. The zero-order valence-corrected chi connectivity index (χ0v) is 9.06. The lowest BCUT2D eigenvalue weighted by Gasteiger charge is -2.06. The number of phenols is 1. The van der Waals surface area contributed by atoms with Crippen molar-refractivity contribution in [2.24, 2.45) is 0 Å². The molecule has 0 heterocycles. The Morgan fingerprint density at radius 2 is 2.29 bits per heavy atom. The monoisotopic (exact) mass is 255 g/mol. The number of amides is 1. The third-order valence-corrected chi connectivity index (χ3v) is 2.08. The normalized spacial score (nSPS) is 9.41. The molecular formula is C9H6ClN3O4. The van der Waals surface area contributed by atoms with Gasteiger partial charge in [0, 0.05) is 0 Å². The van der Waals surface area contributed by atoms with Crippen molar-refractivity contribution >= 4 is 28.9 Å². The number of rotatable bonds is 3. The van der Waals surface area contributed by atoms with Crippen LogP contribution in [0.1, 0.15) is 6.42 Å². The zero-order valence-electron chi connectivity index (χ0n) is 8.31. The molecule has 0 aromatic heterocycles. The summed E-state index contributed by atoms with van der Waals surface area (Å²) in [6.07, 6.45) is -0.395. The highest BCUT2D eigenvalue weighted by Crippen LogP contribution is 2.34. The highest BCUT2D eigenvalue weighted by Gasteiger charge is 2.17. The summed E-state index contributed by atoms with van der Waals surface area (Å²) in [6.45, 7) is 0. The van der Waals surface area contributed by atoms with Crippen LogP contribution in [-0.4, -0.2) is 15.9 Å². The molecule has 17 heavy (non-hydrogen) atoms. The van der Waals surface area contributed by atoms with Gasteiger partial charge in [0.15, 0.2) is 0 Å². The summed E-state index contributed by atoms with van der Waals surface area (Å²) < 4.78 is 0. The third-order valence-electron chi connectivity index (χ3n) is 1.78. The highest BCUT2D eigenvalue weighted by molar-refractivity contribution is 6.33. The molecule has 0 spiro atoms. The van der Waals surface area contributed by atoms with E-state index in [0.29, 0.717) is 0 Å². The Bertz CT molecular complexity index is 524. The molecule has 0 fully saturated rings. The van der Waals surface area contributed by atoms with Crippen LogP contribution in [0, 0.1) is 21.4 Å². The number of benzene rings is 1. The molecule has 0 saturated carbocycles. The van der Waals surface area contributed by atoms with Gasteiger partial charge in [-0.25, -0.2) is 0 Å². The number of hydrogen-bond donors (Lipinski definition) is 2. The van der Waals surface area contributed by atoms with E-state index in [9.17, 15) is 20.0 Å². The summed E-state index contributed by atoms with van der Waals surface area (Å²) in [4.78, 5) is 20.8. The number of nitriles is 1. The highest BCUT2D eigenvalue weighted by atomic mass is 35.5. The number of nitro benzene ring substituents is 1. The average molecular weight is 256 g/mol. The number of hydrogen-bond acceptors (Lipinski definition) is 5. The molecule has 0 aliphatic rings. The molecule has 88 valence electrons. The summed E-state index contributed by atoms with van der Waals surface area (Å²) >= 11 is 5.59. The van der Waals surface area contributed by atoms with Crippen molar-refractivity contribution in [3.05, 3.63) is 27.3 Å². The molecule has 0 radical (unpaired) electrons. The fourth-order valence-corrected chi connectivity index (χ4v) is 1.29. The van der Waals surface area contributed by atoms with Crippen LogP contribution in [0.4, 0.5) is 11.4 Å². The predicted octanol–water partition coefficient (Wildman–Crippen LogP) is 1.81. The molecule has 2 N–H and O–H groups in total. The van der Waals surface area contributed by atoms with Gasteiger partial charge in [-0.15, -0.1) is 0 Å². The largest absolute Gasteiger partial charge is 0.506 e. The van der Waals surface area contributed by atoms with Crippen molar-refractivity contribution < 1.29 is 14.8 Å². The Balaban J connectivity index is 3.04. The molecular weight excluding hydrogens is 250 g/mol. The molecule has 0 atom stereocenters. The second-order valence-electron chi connectivity index (χ2n) is 2.96. The van der Waals surface area contributed by atoms with E-state index < -0.39 is 28.7 Å². The van der Waals surface area contributed by atoms with Gasteiger partial charge < -0.3 is 10.4 Å². The first-order valence-corrected chi connectivity index (χ1v) is 4.67. The summed E-state index contributed by atoms with van der Waals surface area (Å²) in [6, 6.07) is 3.49. The van der Waals surface area contributed by atoms with E-state index >= 15 is 0 Å². The quantitative estimate of drug-likeness (QED) is 0.485. The lowest BCUT2D eigenvalue weighted by Crippen LogP contribution is -2.10. The SMILES string of the molecule is N#CCC(=O)Nc1cc(Cl)c([N+](=O)[O-])cc1O. The van der Waals surface area contributed by atoms with Crippen LogP contribution < -0.4 is 5.32 Å². The number of phenolic OH excluding ortho intramolecular Hbond substituents is 1. The van der Waals surface area contributed by atoms with Crippen LogP contribution in [-0.2, 0) is 4.79 Å². The van der Waals surface area contributed by atoms with Crippen molar-refractivity contribution in [3.8, 4) is 11.8 Å². The summed E-state index contributed by atoms with van der Waals surface area (Å²) in [5.74, 6) is -1.14. The number of nitrogens with one attached hydrogen (secondary N) is 1. The Morgan fingerprint density at radius 3 is 2.82 bits per heavy atom. The predicted molar refractivity (Wildman–Crippen MR) is 58.6 cm³/mol. The minimum atomic E-state index is -0.761. The van der Waals surface area contributed by atoms with Crippen molar-refractivity contribution in [1.82, 2.24) is 0 Å². The molecule has 7 nitrogen and oxygen atoms in total. The number of nitro groups is 1. The first-order valence-electron chi connectivity index (χ1n) is 4.29. The maximum Gasteiger partial charge on any atom is 0.291 e. The Hall–Kier alpha value is -2.33. The van der Waals surface area contributed by atoms with E-state index in [-0.39, 0.29) is 10.7 Å². The Morgan fingerprint density at radius 1 is 1.65 bits per heavy atom. The third kappa shape index (κ3) is 3.06. The number of carbonyl (C=O) groups excluding carboxylic acids is 1. The fourth-order valence-electron chi connectivity index (χ4n) is 1.06. The molecule has 0 saturated heterocycles. The number of halogens is 1. The van der Waals surface area contributed by atoms with Crippen molar-refractivity contribution in [1.29, 1.82) is 5.26 Å². The van der Waals surface area contributed by atoms with Gasteiger partial charge in [0.2, 0.25) is 5.91 Å². The number of aromatic hydroxyl groups is 1. The minimum absolute atomic E-state index is 0.0825. The molecule has 1 amide bonds. The summed E-state index contributed by atoms with van der Waals surface area (Å²) in [7, 11) is 0. The Labute approximate surface area is 100 Å². The molecule has 0 aliphatic carbocycles. The van der Waals surface area contributed by atoms with E-state index in [1.54, 1.807) is 6.07 Å². The van der Waals surface area contributed by atoms with Crippen LogP contribution in [0.25, 0.3) is 0 Å². The van der Waals surface area contributed by atoms with Crippen molar-refractivity contribution in [2.45, 2.75) is 6.42 Å². The van der Waals surface area contributed by atoms with Gasteiger partial charge in [0.1, 0.15) is 17.2 Å². The maximum atomic E-state index is 11.1. The average Bonchev–Trinajstić information content (AvgIpc) is 2.22. The minimum Gasteiger partial charge on any atom is -0.506 e. The summed E-state index contributed by atoms with van der Waals surface area (Å²) in [5, 5.41) is 30.2. The fraction of sp³-hybridized carbons (Fsp3) is 0.111. The van der Waals surface area contributed by atoms with Crippen LogP contribution in [0.5, 0.6) is 5.75 Å². The van der Waals surface area contributed by atoms with Crippen LogP contribution in [0.3, 0.4) is 0 Å². The second-order valence-corrected chi connectivity index (χ2v) is 3.37. The van der Waals surface area contributed by atoms with Gasteiger partial charge in [-0.2, -0.15) is 5.26 Å². The number of anilines is 1. The first-order chi connectivity index (χ1) is 7.95. The van der Waals surface area contributed by atoms with Crippen LogP contribution in [0.2, 0.25) is 5.02 Å². The Kier molecular flexibility index (Phi) is 3.85. The molecule has 1 rings (SSSR count). The molecule has 8 heteroatoms. The van der Waals surface area contributed by atoms with Crippen molar-refractivity contribution in [2.75, 3.05) is 5.32 Å². The lowest BCUT2D eigenvalue weighted by molar-refractivity contribution is -0.384.